The van der Waals surface area contributed by atoms with Crippen molar-refractivity contribution >= 4 is 5.91 Å². The SMILES string of the molecule is C=CCN1CC2C(C1=O)C2(C)c1cccc(C)c1.Cc1cccc(C2(C)C3CNCC32)c1. The smallest absolute Gasteiger partial charge is 0.227 e. The predicted octanol–water partition coefficient (Wildman–Crippen LogP) is 4.63. The first-order valence-corrected chi connectivity index (χ1v) is 12.1. The number of hydrogen-bond donors (Lipinski definition) is 1. The second-order valence-electron chi connectivity index (χ2n) is 10.8. The lowest BCUT2D eigenvalue weighted by Gasteiger charge is -2.23. The topological polar surface area (TPSA) is 32.3 Å². The molecular weight excluding hydrogens is 392 g/mol. The summed E-state index contributed by atoms with van der Waals surface area (Å²) < 4.78 is 0. The summed E-state index contributed by atoms with van der Waals surface area (Å²) >= 11 is 0. The molecule has 2 saturated carbocycles. The van der Waals surface area contributed by atoms with Crippen molar-refractivity contribution in [3.8, 4) is 0 Å². The van der Waals surface area contributed by atoms with Crippen molar-refractivity contribution in [1.29, 1.82) is 0 Å². The van der Waals surface area contributed by atoms with E-state index in [1.807, 2.05) is 11.0 Å². The summed E-state index contributed by atoms with van der Waals surface area (Å²) in [5.41, 5.74) is 6.09. The van der Waals surface area contributed by atoms with E-state index < -0.39 is 0 Å². The first-order valence-electron chi connectivity index (χ1n) is 12.1. The van der Waals surface area contributed by atoms with Crippen LogP contribution in [0.3, 0.4) is 0 Å². The molecule has 5 unspecified atom stereocenters. The molecule has 0 radical (unpaired) electrons. The number of carbonyl (C=O) groups is 1. The minimum Gasteiger partial charge on any atom is -0.338 e. The number of hydrogen-bond acceptors (Lipinski definition) is 2. The van der Waals surface area contributed by atoms with Gasteiger partial charge < -0.3 is 10.2 Å². The van der Waals surface area contributed by atoms with Crippen molar-refractivity contribution in [1.82, 2.24) is 10.2 Å². The van der Waals surface area contributed by atoms with E-state index in [-0.39, 0.29) is 11.3 Å². The second kappa shape index (κ2) is 7.59. The molecule has 1 N–H and O–H groups in total. The largest absolute Gasteiger partial charge is 0.338 e. The van der Waals surface area contributed by atoms with Gasteiger partial charge in [-0.1, -0.05) is 79.6 Å². The standard InChI is InChI=1S/C16H19NO.C13H17N/c1-4-8-17-10-13-14(15(17)18)16(13,3)12-7-5-6-11(2)9-12;1-9-4-3-5-10(6-9)13(2)11-7-14-8-12(11)13/h4-7,9,13-14H,1,8,10H2,2-3H3;3-6,11-12,14H,7-8H2,1-2H3. The molecule has 0 bridgehead atoms. The average molecular weight is 429 g/mol. The van der Waals surface area contributed by atoms with Gasteiger partial charge in [0, 0.05) is 23.9 Å². The summed E-state index contributed by atoms with van der Waals surface area (Å²) in [7, 11) is 0. The lowest BCUT2D eigenvalue weighted by Crippen LogP contribution is -2.33. The maximum Gasteiger partial charge on any atom is 0.227 e. The number of carbonyl (C=O) groups excluding carboxylic acids is 1. The van der Waals surface area contributed by atoms with Gasteiger partial charge in [0.1, 0.15) is 0 Å². The zero-order chi connectivity index (χ0) is 22.7. The highest BCUT2D eigenvalue weighted by atomic mass is 16.2. The van der Waals surface area contributed by atoms with Gasteiger partial charge in [0.2, 0.25) is 5.91 Å². The highest BCUT2D eigenvalue weighted by Crippen LogP contribution is 2.64. The Morgan fingerprint density at radius 2 is 1.53 bits per heavy atom. The van der Waals surface area contributed by atoms with Crippen molar-refractivity contribution in [3.63, 3.8) is 0 Å². The Hall–Kier alpha value is -2.39. The first kappa shape index (κ1) is 21.5. The van der Waals surface area contributed by atoms with Crippen LogP contribution in [-0.2, 0) is 15.6 Å². The lowest BCUT2D eigenvalue weighted by molar-refractivity contribution is -0.130. The van der Waals surface area contributed by atoms with Crippen LogP contribution < -0.4 is 5.32 Å². The van der Waals surface area contributed by atoms with Crippen molar-refractivity contribution in [2.24, 2.45) is 23.7 Å². The number of nitrogens with zero attached hydrogens (tertiary/aromatic N) is 1. The molecule has 3 nitrogen and oxygen atoms in total. The minimum absolute atomic E-state index is 0.0702. The monoisotopic (exact) mass is 428 g/mol. The van der Waals surface area contributed by atoms with Gasteiger partial charge in [-0.3, -0.25) is 4.79 Å². The van der Waals surface area contributed by atoms with Gasteiger partial charge in [0.05, 0.1) is 5.92 Å². The number of aryl methyl sites for hydroxylation is 2. The minimum atomic E-state index is 0.0702. The molecule has 6 rings (SSSR count). The van der Waals surface area contributed by atoms with E-state index in [2.05, 4.69) is 88.1 Å². The Balaban J connectivity index is 0.000000139. The predicted molar refractivity (Wildman–Crippen MR) is 131 cm³/mol. The van der Waals surface area contributed by atoms with Crippen molar-refractivity contribution in [3.05, 3.63) is 83.4 Å². The third-order valence-electron chi connectivity index (χ3n) is 8.98. The highest BCUT2D eigenvalue weighted by molar-refractivity contribution is 5.88. The maximum atomic E-state index is 12.3. The molecule has 2 aromatic carbocycles. The van der Waals surface area contributed by atoms with Crippen LogP contribution in [0, 0.1) is 37.5 Å². The normalized spacial score (nSPS) is 36.1. The number of benzene rings is 2. The zero-order valence-electron chi connectivity index (χ0n) is 19.9. The van der Waals surface area contributed by atoms with Crippen molar-refractivity contribution in [2.75, 3.05) is 26.2 Å². The molecule has 0 aromatic heterocycles. The van der Waals surface area contributed by atoms with E-state index in [4.69, 9.17) is 0 Å². The summed E-state index contributed by atoms with van der Waals surface area (Å²) in [6.07, 6.45) is 1.81. The van der Waals surface area contributed by atoms with Crippen LogP contribution in [0.4, 0.5) is 0 Å². The molecule has 4 fully saturated rings. The number of piperidine rings is 2. The van der Waals surface area contributed by atoms with Gasteiger partial charge in [-0.05, 0) is 55.8 Å². The Bertz CT molecular complexity index is 1050. The quantitative estimate of drug-likeness (QED) is 0.720. The molecule has 2 aliphatic heterocycles. The van der Waals surface area contributed by atoms with Crippen LogP contribution in [0.1, 0.15) is 36.1 Å². The molecule has 32 heavy (non-hydrogen) atoms. The molecule has 5 atom stereocenters. The lowest BCUT2D eigenvalue weighted by atomic mass is 9.91. The van der Waals surface area contributed by atoms with E-state index in [0.29, 0.717) is 23.8 Å². The summed E-state index contributed by atoms with van der Waals surface area (Å²) in [6.45, 7) is 16.7. The Morgan fingerprint density at radius 3 is 2.00 bits per heavy atom. The van der Waals surface area contributed by atoms with Gasteiger partial charge in [0.15, 0.2) is 0 Å². The molecule has 2 saturated heterocycles. The van der Waals surface area contributed by atoms with Crippen LogP contribution in [0.15, 0.2) is 61.2 Å². The number of nitrogens with one attached hydrogen (secondary N) is 1. The van der Waals surface area contributed by atoms with Crippen LogP contribution in [0.25, 0.3) is 0 Å². The molecule has 2 aromatic rings. The summed E-state index contributed by atoms with van der Waals surface area (Å²) in [5, 5.41) is 3.46. The second-order valence-corrected chi connectivity index (χ2v) is 10.8. The molecule has 168 valence electrons. The number of fused-ring (bicyclic) bond motifs is 2. The maximum absolute atomic E-state index is 12.3. The van der Waals surface area contributed by atoms with E-state index in [1.165, 1.54) is 29.8 Å². The molecular formula is C29H36N2O. The molecule has 3 heteroatoms. The van der Waals surface area contributed by atoms with Gasteiger partial charge >= 0.3 is 0 Å². The van der Waals surface area contributed by atoms with E-state index in [0.717, 1.165) is 18.4 Å². The molecule has 2 heterocycles. The molecule has 1 amide bonds. The fourth-order valence-corrected chi connectivity index (χ4v) is 6.75. The molecule has 2 aliphatic carbocycles. The first-order chi connectivity index (χ1) is 15.3. The van der Waals surface area contributed by atoms with Gasteiger partial charge in [-0.25, -0.2) is 0 Å². The van der Waals surface area contributed by atoms with Crippen LogP contribution in [0.5, 0.6) is 0 Å². The summed E-state index contributed by atoms with van der Waals surface area (Å²) in [4.78, 5) is 14.2. The third-order valence-corrected chi connectivity index (χ3v) is 8.98. The average Bonchev–Trinajstić information content (AvgIpc) is 3.31. The molecule has 4 aliphatic rings. The van der Waals surface area contributed by atoms with Gasteiger partial charge in [0.25, 0.3) is 0 Å². The van der Waals surface area contributed by atoms with Crippen molar-refractivity contribution in [2.45, 2.75) is 38.5 Å². The zero-order valence-corrected chi connectivity index (χ0v) is 19.9. The molecule has 0 spiro atoms. The number of rotatable bonds is 4. The van der Waals surface area contributed by atoms with Crippen LogP contribution in [-0.4, -0.2) is 37.0 Å². The van der Waals surface area contributed by atoms with E-state index >= 15 is 0 Å². The van der Waals surface area contributed by atoms with E-state index in [1.54, 1.807) is 5.56 Å². The highest BCUT2D eigenvalue weighted by Gasteiger charge is 2.70. The Kier molecular flexibility index (Phi) is 5.09. The van der Waals surface area contributed by atoms with Gasteiger partial charge in [-0.2, -0.15) is 0 Å². The van der Waals surface area contributed by atoms with Gasteiger partial charge in [-0.15, -0.1) is 6.58 Å². The Labute approximate surface area is 192 Å². The third kappa shape index (κ3) is 3.16. The number of amides is 1. The van der Waals surface area contributed by atoms with Crippen LogP contribution >= 0.6 is 0 Å². The fraction of sp³-hybridized carbons (Fsp3) is 0.483. The Morgan fingerprint density at radius 1 is 0.969 bits per heavy atom. The summed E-state index contributed by atoms with van der Waals surface area (Å²) in [6, 6.07) is 17.6. The fourth-order valence-electron chi connectivity index (χ4n) is 6.75. The van der Waals surface area contributed by atoms with E-state index in [9.17, 15) is 4.79 Å². The summed E-state index contributed by atoms with van der Waals surface area (Å²) in [5.74, 6) is 2.78. The van der Waals surface area contributed by atoms with Crippen molar-refractivity contribution < 1.29 is 4.79 Å². The van der Waals surface area contributed by atoms with Crippen LogP contribution in [0.2, 0.25) is 0 Å². The number of likely N-dealkylation sites (tertiary alicyclic amines) is 1.